The minimum absolute atomic E-state index is 0.0413. The van der Waals surface area contributed by atoms with E-state index in [1.165, 1.54) is 6.42 Å². The third-order valence-electron chi connectivity index (χ3n) is 5.72. The predicted octanol–water partition coefficient (Wildman–Crippen LogP) is 1.53. The molecule has 1 saturated heterocycles. The van der Waals surface area contributed by atoms with Crippen molar-refractivity contribution in [2.24, 2.45) is 28.9 Å². The molecule has 106 valence electrons. The topological polar surface area (TPSA) is 63.4 Å². The molecule has 0 aromatic rings. The summed E-state index contributed by atoms with van der Waals surface area (Å²) in [6.07, 6.45) is 4.00. The quantitative estimate of drug-likeness (QED) is 0.769. The fraction of sp³-hybridized carbons (Fsp3) is 0.867. The molecule has 0 spiro atoms. The smallest absolute Gasteiger partial charge is 0.234 e. The van der Waals surface area contributed by atoms with Gasteiger partial charge in [0.2, 0.25) is 11.8 Å². The monoisotopic (exact) mass is 264 g/mol. The second-order valence-electron chi connectivity index (χ2n) is 7.42. The Kier molecular flexibility index (Phi) is 2.63. The van der Waals surface area contributed by atoms with Gasteiger partial charge < -0.3 is 5.73 Å². The molecule has 0 bridgehead atoms. The van der Waals surface area contributed by atoms with Crippen LogP contribution in [0.15, 0.2) is 0 Å². The van der Waals surface area contributed by atoms with Gasteiger partial charge in [-0.05, 0) is 24.2 Å². The van der Waals surface area contributed by atoms with E-state index < -0.39 is 5.54 Å². The van der Waals surface area contributed by atoms with Gasteiger partial charge in [0.25, 0.3) is 0 Å². The molecule has 4 unspecified atom stereocenters. The van der Waals surface area contributed by atoms with Gasteiger partial charge >= 0.3 is 0 Å². The summed E-state index contributed by atoms with van der Waals surface area (Å²) in [5, 5.41) is 0. The van der Waals surface area contributed by atoms with E-state index in [1.807, 2.05) is 13.8 Å². The highest BCUT2D eigenvalue weighted by atomic mass is 16.2. The minimum Gasteiger partial charge on any atom is -0.328 e. The zero-order chi connectivity index (χ0) is 14.0. The lowest BCUT2D eigenvalue weighted by Gasteiger charge is -2.46. The molecule has 2 amide bonds. The van der Waals surface area contributed by atoms with E-state index in [2.05, 4.69) is 6.92 Å². The van der Waals surface area contributed by atoms with Gasteiger partial charge in [0.15, 0.2) is 0 Å². The number of hydrogen-bond acceptors (Lipinski definition) is 3. The maximum atomic E-state index is 12.6. The number of fused-ring (bicyclic) bond motifs is 1. The summed E-state index contributed by atoms with van der Waals surface area (Å²) in [5.74, 6) is 0.461. The Morgan fingerprint density at radius 1 is 1.26 bits per heavy atom. The van der Waals surface area contributed by atoms with Crippen LogP contribution in [0.3, 0.4) is 0 Å². The van der Waals surface area contributed by atoms with E-state index >= 15 is 0 Å². The highest BCUT2D eigenvalue weighted by molar-refractivity contribution is 6.11. The minimum atomic E-state index is -0.394. The SMILES string of the molecule is CC1CCCC(CN)(N2C(=O)C3C(C2=O)C3(C)C)C1. The molecule has 2 saturated carbocycles. The van der Waals surface area contributed by atoms with Crippen molar-refractivity contribution in [3.8, 4) is 0 Å². The molecule has 1 aliphatic heterocycles. The molecular weight excluding hydrogens is 240 g/mol. The molecule has 19 heavy (non-hydrogen) atoms. The Bertz CT molecular complexity index is 421. The van der Waals surface area contributed by atoms with Crippen molar-refractivity contribution in [1.82, 2.24) is 4.90 Å². The predicted molar refractivity (Wildman–Crippen MR) is 72.0 cm³/mol. The van der Waals surface area contributed by atoms with Crippen LogP contribution < -0.4 is 5.73 Å². The van der Waals surface area contributed by atoms with Gasteiger partial charge in [0.1, 0.15) is 0 Å². The van der Waals surface area contributed by atoms with Crippen molar-refractivity contribution in [2.45, 2.75) is 52.0 Å². The number of amides is 2. The second-order valence-corrected chi connectivity index (χ2v) is 7.42. The van der Waals surface area contributed by atoms with Gasteiger partial charge in [-0.1, -0.05) is 33.6 Å². The Balaban J connectivity index is 1.90. The van der Waals surface area contributed by atoms with Crippen LogP contribution in [0.4, 0.5) is 0 Å². The number of nitrogens with zero attached hydrogens (tertiary/aromatic N) is 1. The number of carbonyl (C=O) groups is 2. The fourth-order valence-electron chi connectivity index (χ4n) is 4.53. The summed E-state index contributed by atoms with van der Waals surface area (Å²) in [6.45, 7) is 6.65. The lowest BCUT2D eigenvalue weighted by atomic mass is 9.75. The molecule has 0 radical (unpaired) electrons. The first-order chi connectivity index (χ1) is 8.85. The molecule has 4 atom stereocenters. The van der Waals surface area contributed by atoms with Gasteiger partial charge in [-0.25, -0.2) is 0 Å². The lowest BCUT2D eigenvalue weighted by molar-refractivity contribution is -0.152. The first-order valence-corrected chi connectivity index (χ1v) is 7.43. The molecule has 1 heterocycles. The molecular formula is C15H24N2O2. The first-order valence-electron chi connectivity index (χ1n) is 7.43. The van der Waals surface area contributed by atoms with Crippen molar-refractivity contribution in [1.29, 1.82) is 0 Å². The zero-order valence-corrected chi connectivity index (χ0v) is 12.1. The van der Waals surface area contributed by atoms with Gasteiger partial charge in [-0.2, -0.15) is 0 Å². The average molecular weight is 264 g/mol. The van der Waals surface area contributed by atoms with Crippen LogP contribution in [-0.2, 0) is 9.59 Å². The summed E-state index contributed by atoms with van der Waals surface area (Å²) in [5.41, 5.74) is 5.47. The maximum absolute atomic E-state index is 12.6. The molecule has 3 rings (SSSR count). The Morgan fingerprint density at radius 3 is 2.32 bits per heavy atom. The first kappa shape index (κ1) is 13.1. The van der Waals surface area contributed by atoms with Crippen LogP contribution in [0, 0.1) is 23.2 Å². The number of rotatable bonds is 2. The molecule has 3 aliphatic rings. The van der Waals surface area contributed by atoms with Crippen molar-refractivity contribution >= 4 is 11.8 Å². The Morgan fingerprint density at radius 2 is 1.84 bits per heavy atom. The van der Waals surface area contributed by atoms with Crippen LogP contribution in [0.5, 0.6) is 0 Å². The number of hydrogen-bond donors (Lipinski definition) is 1. The number of likely N-dealkylation sites (tertiary alicyclic amines) is 1. The summed E-state index contributed by atoms with van der Waals surface area (Å²) in [4.78, 5) is 26.8. The number of nitrogens with two attached hydrogens (primary N) is 1. The third kappa shape index (κ3) is 1.55. The summed E-state index contributed by atoms with van der Waals surface area (Å²) in [6, 6.07) is 0. The van der Waals surface area contributed by atoms with E-state index in [4.69, 9.17) is 5.73 Å². The summed E-state index contributed by atoms with van der Waals surface area (Å²) in [7, 11) is 0. The molecule has 4 heteroatoms. The van der Waals surface area contributed by atoms with Crippen LogP contribution in [-0.4, -0.2) is 28.8 Å². The van der Waals surface area contributed by atoms with Crippen molar-refractivity contribution in [3.05, 3.63) is 0 Å². The van der Waals surface area contributed by atoms with Gasteiger partial charge in [-0.15, -0.1) is 0 Å². The lowest BCUT2D eigenvalue weighted by Crippen LogP contribution is -2.60. The van der Waals surface area contributed by atoms with Crippen LogP contribution >= 0.6 is 0 Å². The molecule has 3 fully saturated rings. The van der Waals surface area contributed by atoms with E-state index in [9.17, 15) is 9.59 Å². The molecule has 0 aromatic heterocycles. The van der Waals surface area contributed by atoms with E-state index in [0.29, 0.717) is 12.5 Å². The largest absolute Gasteiger partial charge is 0.328 e. The van der Waals surface area contributed by atoms with E-state index in [1.54, 1.807) is 4.90 Å². The highest BCUT2D eigenvalue weighted by Crippen LogP contribution is 2.64. The van der Waals surface area contributed by atoms with Gasteiger partial charge in [-0.3, -0.25) is 14.5 Å². The highest BCUT2D eigenvalue weighted by Gasteiger charge is 2.74. The summed E-state index contributed by atoms with van der Waals surface area (Å²) < 4.78 is 0. The number of imide groups is 1. The molecule has 2 N–H and O–H groups in total. The second kappa shape index (κ2) is 3.81. The normalized spacial score (nSPS) is 44.4. The van der Waals surface area contributed by atoms with Crippen molar-refractivity contribution in [2.75, 3.05) is 6.54 Å². The maximum Gasteiger partial charge on any atom is 0.234 e. The van der Waals surface area contributed by atoms with Gasteiger partial charge in [0, 0.05) is 6.54 Å². The Labute approximate surface area is 114 Å². The number of piperidine rings is 1. The van der Waals surface area contributed by atoms with Crippen molar-refractivity contribution < 1.29 is 9.59 Å². The van der Waals surface area contributed by atoms with Crippen LogP contribution in [0.2, 0.25) is 0 Å². The third-order valence-corrected chi connectivity index (χ3v) is 5.72. The van der Waals surface area contributed by atoms with E-state index in [-0.39, 0.29) is 29.1 Å². The zero-order valence-electron chi connectivity index (χ0n) is 12.1. The van der Waals surface area contributed by atoms with Crippen LogP contribution in [0.1, 0.15) is 46.5 Å². The summed E-state index contributed by atoms with van der Waals surface area (Å²) >= 11 is 0. The molecule has 2 aliphatic carbocycles. The molecule has 4 nitrogen and oxygen atoms in total. The fourth-order valence-corrected chi connectivity index (χ4v) is 4.53. The van der Waals surface area contributed by atoms with Gasteiger partial charge in [0.05, 0.1) is 17.4 Å². The average Bonchev–Trinajstić information content (AvgIpc) is 2.79. The molecule has 0 aromatic carbocycles. The number of carbonyl (C=O) groups excluding carboxylic acids is 2. The van der Waals surface area contributed by atoms with Crippen molar-refractivity contribution in [3.63, 3.8) is 0 Å². The van der Waals surface area contributed by atoms with E-state index in [0.717, 1.165) is 19.3 Å². The van der Waals surface area contributed by atoms with Crippen LogP contribution in [0.25, 0.3) is 0 Å². The Hall–Kier alpha value is -0.900. The standard InChI is InChI=1S/C15H24N2O2/c1-9-5-4-6-15(7-9,8-16)17-12(18)10-11(13(17)19)14(10,2)3/h9-11H,4-8,16H2,1-3H3.